The second-order valence-electron chi connectivity index (χ2n) is 5.84. The van der Waals surface area contributed by atoms with E-state index < -0.39 is 15.7 Å². The number of rotatable bonds is 2. The molecule has 5 nitrogen and oxygen atoms in total. The molecule has 2 heterocycles. The Bertz CT molecular complexity index is 859. The molecule has 1 amide bonds. The maximum Gasteiger partial charge on any atom is 0.259 e. The molecular weight excluding hydrogens is 328 g/mol. The van der Waals surface area contributed by atoms with Crippen molar-refractivity contribution in [3.63, 3.8) is 0 Å². The quantitative estimate of drug-likeness (QED) is 0.906. The van der Waals surface area contributed by atoms with Crippen molar-refractivity contribution in [1.29, 1.82) is 0 Å². The maximum atomic E-state index is 12.1. The molecule has 112 valence electrons. The Kier molecular flexibility index (Phi) is 3.06. The monoisotopic (exact) mass is 342 g/mol. The number of amides is 1. The summed E-state index contributed by atoms with van der Waals surface area (Å²) in [5, 5.41) is 0. The molecule has 0 aliphatic heterocycles. The zero-order chi connectivity index (χ0) is 15.6. The molecule has 2 aromatic heterocycles. The number of thiophene rings is 1. The molecule has 0 fully saturated rings. The summed E-state index contributed by atoms with van der Waals surface area (Å²) in [4.78, 5) is 12.9. The molecule has 0 saturated heterocycles. The minimum absolute atomic E-state index is 0.199. The van der Waals surface area contributed by atoms with E-state index in [-0.39, 0.29) is 9.62 Å². The van der Waals surface area contributed by atoms with E-state index in [9.17, 15) is 13.2 Å². The predicted octanol–water partition coefficient (Wildman–Crippen LogP) is 2.21. The minimum Gasteiger partial charge on any atom is -0.365 e. The third-order valence-corrected chi connectivity index (χ3v) is 7.58. The van der Waals surface area contributed by atoms with E-state index in [0.29, 0.717) is 16.9 Å². The molecule has 3 rings (SSSR count). The van der Waals surface area contributed by atoms with E-state index in [1.54, 1.807) is 6.20 Å². The zero-order valence-corrected chi connectivity index (χ0v) is 14.2. The van der Waals surface area contributed by atoms with E-state index in [4.69, 9.17) is 5.73 Å². The SMILES string of the molecule is CC1(C)Cc2c(C(N)=O)sc(S(C)(=O)=O)c2-c2sncc21. The Balaban J connectivity index is 2.43. The number of hydrogen-bond donors (Lipinski definition) is 1. The molecule has 0 saturated carbocycles. The van der Waals surface area contributed by atoms with Gasteiger partial charge < -0.3 is 5.73 Å². The molecule has 1 aliphatic rings. The molecule has 0 bridgehead atoms. The average molecular weight is 342 g/mol. The first-order valence-corrected chi connectivity index (χ1v) is 9.72. The maximum absolute atomic E-state index is 12.1. The van der Waals surface area contributed by atoms with Gasteiger partial charge in [-0.05, 0) is 34.5 Å². The van der Waals surface area contributed by atoms with Gasteiger partial charge in [0, 0.05) is 18.0 Å². The summed E-state index contributed by atoms with van der Waals surface area (Å²) in [5.74, 6) is -0.574. The van der Waals surface area contributed by atoms with Crippen LogP contribution in [0.3, 0.4) is 0 Å². The Morgan fingerprint density at radius 1 is 1.43 bits per heavy atom. The number of carbonyl (C=O) groups is 1. The van der Waals surface area contributed by atoms with Crippen LogP contribution in [0.1, 0.15) is 34.6 Å². The molecule has 0 spiro atoms. The van der Waals surface area contributed by atoms with Crippen molar-refractivity contribution in [1.82, 2.24) is 4.37 Å². The second-order valence-corrected chi connectivity index (χ2v) is 9.87. The molecule has 21 heavy (non-hydrogen) atoms. The van der Waals surface area contributed by atoms with Gasteiger partial charge in [0.2, 0.25) is 0 Å². The smallest absolute Gasteiger partial charge is 0.259 e. The molecule has 0 aromatic carbocycles. The number of hydrogen-bond acceptors (Lipinski definition) is 6. The van der Waals surface area contributed by atoms with E-state index >= 15 is 0 Å². The molecule has 2 N–H and O–H groups in total. The fourth-order valence-corrected chi connectivity index (χ4v) is 6.24. The zero-order valence-electron chi connectivity index (χ0n) is 11.8. The van der Waals surface area contributed by atoms with E-state index in [1.807, 2.05) is 0 Å². The van der Waals surface area contributed by atoms with Gasteiger partial charge in [-0.3, -0.25) is 4.79 Å². The van der Waals surface area contributed by atoms with Gasteiger partial charge >= 0.3 is 0 Å². The van der Waals surface area contributed by atoms with Gasteiger partial charge in [-0.15, -0.1) is 11.3 Å². The summed E-state index contributed by atoms with van der Waals surface area (Å²) in [6.07, 6.45) is 3.53. The van der Waals surface area contributed by atoms with Crippen molar-refractivity contribution in [2.45, 2.75) is 29.9 Å². The Morgan fingerprint density at radius 2 is 2.10 bits per heavy atom. The normalized spacial score (nSPS) is 16.3. The van der Waals surface area contributed by atoms with Crippen LogP contribution in [0.15, 0.2) is 10.4 Å². The Hall–Kier alpha value is -1.25. The Labute approximate surface area is 130 Å². The third-order valence-electron chi connectivity index (χ3n) is 3.68. The summed E-state index contributed by atoms with van der Waals surface area (Å²) < 4.78 is 28.6. The van der Waals surface area contributed by atoms with Crippen LogP contribution in [-0.2, 0) is 21.7 Å². The van der Waals surface area contributed by atoms with Crippen molar-refractivity contribution in [2.24, 2.45) is 5.73 Å². The van der Waals surface area contributed by atoms with E-state index in [1.165, 1.54) is 11.5 Å². The molecule has 0 atom stereocenters. The van der Waals surface area contributed by atoms with Crippen LogP contribution >= 0.6 is 22.9 Å². The number of nitrogens with two attached hydrogens (primary N) is 1. The lowest BCUT2D eigenvalue weighted by atomic mass is 9.74. The highest BCUT2D eigenvalue weighted by atomic mass is 32.2. The number of aromatic nitrogens is 1. The van der Waals surface area contributed by atoms with Crippen LogP contribution in [0.5, 0.6) is 0 Å². The number of nitrogens with zero attached hydrogens (tertiary/aromatic N) is 1. The topological polar surface area (TPSA) is 90.1 Å². The highest BCUT2D eigenvalue weighted by Crippen LogP contribution is 2.51. The number of primary amides is 1. The van der Waals surface area contributed by atoms with Crippen molar-refractivity contribution in [3.8, 4) is 10.4 Å². The highest BCUT2D eigenvalue weighted by Gasteiger charge is 2.39. The minimum atomic E-state index is -3.43. The predicted molar refractivity (Wildman–Crippen MR) is 83.8 cm³/mol. The van der Waals surface area contributed by atoms with Crippen LogP contribution in [-0.4, -0.2) is 25.0 Å². The van der Waals surface area contributed by atoms with Crippen molar-refractivity contribution < 1.29 is 13.2 Å². The standard InChI is InChI=1S/C13H14N2O3S3/c1-13(2)4-6-8(10-7(13)5-15-20-10)12(21(3,17)18)19-9(6)11(14)16/h5H,4H2,1-3H3,(H2,14,16). The summed E-state index contributed by atoms with van der Waals surface area (Å²) in [6, 6.07) is 0. The largest absolute Gasteiger partial charge is 0.365 e. The van der Waals surface area contributed by atoms with Crippen LogP contribution in [0, 0.1) is 0 Å². The lowest BCUT2D eigenvalue weighted by molar-refractivity contribution is 0.100. The number of sulfone groups is 1. The first-order chi connectivity index (χ1) is 9.63. The number of carbonyl (C=O) groups excluding carboxylic acids is 1. The van der Waals surface area contributed by atoms with Gasteiger partial charge in [0.05, 0.1) is 9.75 Å². The molecule has 1 aliphatic carbocycles. The van der Waals surface area contributed by atoms with Crippen molar-refractivity contribution >= 4 is 38.6 Å². The van der Waals surface area contributed by atoms with Crippen molar-refractivity contribution in [2.75, 3.05) is 6.26 Å². The molecule has 0 radical (unpaired) electrons. The van der Waals surface area contributed by atoms with Gasteiger partial charge in [0.25, 0.3) is 5.91 Å². The Morgan fingerprint density at radius 3 is 2.67 bits per heavy atom. The molecular formula is C13H14N2O3S3. The number of fused-ring (bicyclic) bond motifs is 3. The van der Waals surface area contributed by atoms with Crippen LogP contribution in [0.4, 0.5) is 0 Å². The highest BCUT2D eigenvalue weighted by molar-refractivity contribution is 7.93. The average Bonchev–Trinajstić information content (AvgIpc) is 2.89. The summed E-state index contributed by atoms with van der Waals surface area (Å²) >= 11 is 2.24. The molecule has 2 aromatic rings. The summed E-state index contributed by atoms with van der Waals surface area (Å²) in [6.45, 7) is 4.12. The second kappa shape index (κ2) is 4.37. The van der Waals surface area contributed by atoms with Crippen molar-refractivity contribution in [3.05, 3.63) is 22.2 Å². The lowest BCUT2D eigenvalue weighted by Gasteiger charge is -2.30. The van der Waals surface area contributed by atoms with Crippen LogP contribution in [0.25, 0.3) is 10.4 Å². The third kappa shape index (κ3) is 2.13. The van der Waals surface area contributed by atoms with Crippen LogP contribution < -0.4 is 5.73 Å². The first kappa shape index (κ1) is 14.7. The van der Waals surface area contributed by atoms with E-state index in [0.717, 1.165) is 33.6 Å². The fraction of sp³-hybridized carbons (Fsp3) is 0.385. The van der Waals surface area contributed by atoms with Gasteiger partial charge in [-0.1, -0.05) is 13.8 Å². The fourth-order valence-electron chi connectivity index (χ4n) is 2.74. The summed E-state index contributed by atoms with van der Waals surface area (Å²) in [5.41, 5.74) is 7.65. The van der Waals surface area contributed by atoms with Gasteiger partial charge in [0.15, 0.2) is 9.84 Å². The molecule has 8 heteroatoms. The van der Waals surface area contributed by atoms with Gasteiger partial charge in [0.1, 0.15) is 4.21 Å². The molecule has 0 unspecified atom stereocenters. The van der Waals surface area contributed by atoms with Gasteiger partial charge in [-0.25, -0.2) is 12.8 Å². The van der Waals surface area contributed by atoms with Crippen LogP contribution in [0.2, 0.25) is 0 Å². The summed E-state index contributed by atoms with van der Waals surface area (Å²) in [7, 11) is -3.43. The first-order valence-electron chi connectivity index (χ1n) is 6.24. The van der Waals surface area contributed by atoms with Gasteiger partial charge in [-0.2, -0.15) is 0 Å². The lowest BCUT2D eigenvalue weighted by Crippen LogP contribution is -2.26. The van der Waals surface area contributed by atoms with E-state index in [2.05, 4.69) is 18.2 Å².